The van der Waals surface area contributed by atoms with E-state index in [9.17, 15) is 0 Å². The fourth-order valence-electron chi connectivity index (χ4n) is 3.67. The van der Waals surface area contributed by atoms with Crippen LogP contribution in [0.1, 0.15) is 43.9 Å². The zero-order valence-electron chi connectivity index (χ0n) is 15.6. The maximum atomic E-state index is 5.74. The molecule has 1 aromatic carbocycles. The summed E-state index contributed by atoms with van der Waals surface area (Å²) in [4.78, 5) is 2.58. The number of rotatable bonds is 8. The Labute approximate surface area is 150 Å². The van der Waals surface area contributed by atoms with Crippen molar-refractivity contribution in [2.75, 3.05) is 13.7 Å². The molecule has 0 amide bonds. The quantitative estimate of drug-likeness (QED) is 0.731. The van der Waals surface area contributed by atoms with Gasteiger partial charge in [-0.1, -0.05) is 18.9 Å². The smallest absolute Gasteiger partial charge is 0.161 e. The van der Waals surface area contributed by atoms with Crippen LogP contribution in [-0.4, -0.2) is 34.4 Å². The Morgan fingerprint density at radius 3 is 2.60 bits per heavy atom. The second kappa shape index (κ2) is 8.39. The van der Waals surface area contributed by atoms with Crippen molar-refractivity contribution < 1.29 is 9.47 Å². The Bertz CT molecular complexity index is 677. The van der Waals surface area contributed by atoms with E-state index >= 15 is 0 Å². The van der Waals surface area contributed by atoms with E-state index in [4.69, 9.17) is 9.47 Å². The van der Waals surface area contributed by atoms with Gasteiger partial charge in [0.2, 0.25) is 0 Å². The van der Waals surface area contributed by atoms with Crippen LogP contribution in [0.15, 0.2) is 30.5 Å². The highest BCUT2D eigenvalue weighted by Gasteiger charge is 2.24. The Kier molecular flexibility index (Phi) is 5.97. The number of ether oxygens (including phenoxy) is 2. The number of aryl methyl sites for hydroxylation is 1. The summed E-state index contributed by atoms with van der Waals surface area (Å²) in [6, 6.07) is 9.03. The van der Waals surface area contributed by atoms with Gasteiger partial charge in [0.05, 0.1) is 19.4 Å². The lowest BCUT2D eigenvalue weighted by molar-refractivity contribution is 0.175. The SMILES string of the molecule is CCOc1cc(CN(Cc2ccnn2C)C2CCCC2)ccc1OC. The molecule has 0 unspecified atom stereocenters. The molecule has 1 aliphatic carbocycles. The second-order valence-electron chi connectivity index (χ2n) is 6.71. The van der Waals surface area contributed by atoms with Gasteiger partial charge in [-0.15, -0.1) is 0 Å². The van der Waals surface area contributed by atoms with E-state index in [1.807, 2.05) is 30.9 Å². The highest BCUT2D eigenvalue weighted by Crippen LogP contribution is 2.31. The molecule has 0 saturated heterocycles. The molecule has 0 radical (unpaired) electrons. The standard InChI is InChI=1S/C20H29N3O2/c1-4-25-20-13-16(9-10-19(20)24-3)14-23(17-7-5-6-8-17)15-18-11-12-21-22(18)2/h9-13,17H,4-8,14-15H2,1-3H3. The van der Waals surface area contributed by atoms with E-state index in [-0.39, 0.29) is 0 Å². The van der Waals surface area contributed by atoms with E-state index < -0.39 is 0 Å². The molecule has 1 aliphatic rings. The van der Waals surface area contributed by atoms with Crippen molar-refractivity contribution >= 4 is 0 Å². The molecule has 0 aliphatic heterocycles. The van der Waals surface area contributed by atoms with Gasteiger partial charge in [-0.05, 0) is 43.5 Å². The number of hydrogen-bond acceptors (Lipinski definition) is 4. The minimum Gasteiger partial charge on any atom is -0.493 e. The topological polar surface area (TPSA) is 39.5 Å². The summed E-state index contributed by atoms with van der Waals surface area (Å²) in [5.74, 6) is 1.62. The first kappa shape index (κ1) is 17.8. The number of hydrogen-bond donors (Lipinski definition) is 0. The van der Waals surface area contributed by atoms with Crippen molar-refractivity contribution in [1.29, 1.82) is 0 Å². The van der Waals surface area contributed by atoms with Crippen molar-refractivity contribution in [2.45, 2.75) is 51.7 Å². The predicted octanol–water partition coefficient (Wildman–Crippen LogP) is 3.77. The van der Waals surface area contributed by atoms with Crippen LogP contribution in [0.2, 0.25) is 0 Å². The van der Waals surface area contributed by atoms with Crippen molar-refractivity contribution in [3.63, 3.8) is 0 Å². The molecular formula is C20H29N3O2. The third kappa shape index (κ3) is 4.34. The summed E-state index contributed by atoms with van der Waals surface area (Å²) in [5.41, 5.74) is 2.52. The summed E-state index contributed by atoms with van der Waals surface area (Å²) >= 11 is 0. The lowest BCUT2D eigenvalue weighted by Gasteiger charge is -2.29. The molecule has 5 heteroatoms. The highest BCUT2D eigenvalue weighted by molar-refractivity contribution is 5.43. The maximum Gasteiger partial charge on any atom is 0.161 e. The maximum absolute atomic E-state index is 5.74. The van der Waals surface area contributed by atoms with Crippen LogP contribution in [0.3, 0.4) is 0 Å². The van der Waals surface area contributed by atoms with E-state index in [1.54, 1.807) is 7.11 Å². The predicted molar refractivity (Wildman–Crippen MR) is 98.9 cm³/mol. The number of benzene rings is 1. The number of nitrogens with zero attached hydrogens (tertiary/aromatic N) is 3. The summed E-state index contributed by atoms with van der Waals surface area (Å²) in [7, 11) is 3.70. The minimum absolute atomic E-state index is 0.640. The van der Waals surface area contributed by atoms with Crippen molar-refractivity contribution in [3.8, 4) is 11.5 Å². The van der Waals surface area contributed by atoms with Gasteiger partial charge >= 0.3 is 0 Å². The van der Waals surface area contributed by atoms with Crippen LogP contribution in [0.4, 0.5) is 0 Å². The molecule has 136 valence electrons. The van der Waals surface area contributed by atoms with Crippen molar-refractivity contribution in [2.24, 2.45) is 7.05 Å². The van der Waals surface area contributed by atoms with E-state index in [0.717, 1.165) is 24.6 Å². The summed E-state index contributed by atoms with van der Waals surface area (Å²) in [6.07, 6.45) is 7.11. The zero-order chi connectivity index (χ0) is 17.6. The second-order valence-corrected chi connectivity index (χ2v) is 6.71. The van der Waals surface area contributed by atoms with E-state index in [0.29, 0.717) is 12.6 Å². The lowest BCUT2D eigenvalue weighted by atomic mass is 10.1. The van der Waals surface area contributed by atoms with Gasteiger partial charge in [-0.3, -0.25) is 9.58 Å². The van der Waals surface area contributed by atoms with Gasteiger partial charge in [0, 0.05) is 32.4 Å². The lowest BCUT2D eigenvalue weighted by Crippen LogP contribution is -2.33. The molecule has 2 aromatic rings. The first-order valence-corrected chi connectivity index (χ1v) is 9.22. The largest absolute Gasteiger partial charge is 0.493 e. The molecule has 0 bridgehead atoms. The van der Waals surface area contributed by atoms with Crippen molar-refractivity contribution in [1.82, 2.24) is 14.7 Å². The third-order valence-electron chi connectivity index (χ3n) is 5.04. The van der Waals surface area contributed by atoms with Gasteiger partial charge in [0.15, 0.2) is 11.5 Å². The highest BCUT2D eigenvalue weighted by atomic mass is 16.5. The Hall–Kier alpha value is -2.01. The molecule has 1 saturated carbocycles. The van der Waals surface area contributed by atoms with E-state index in [2.05, 4.69) is 28.2 Å². The first-order valence-electron chi connectivity index (χ1n) is 9.22. The molecular weight excluding hydrogens is 314 g/mol. The number of aromatic nitrogens is 2. The molecule has 0 N–H and O–H groups in total. The molecule has 25 heavy (non-hydrogen) atoms. The molecule has 0 atom stereocenters. The van der Waals surface area contributed by atoms with Gasteiger partial charge in [-0.25, -0.2) is 0 Å². The molecule has 0 spiro atoms. The first-order chi connectivity index (χ1) is 12.2. The fraction of sp³-hybridized carbons (Fsp3) is 0.550. The van der Waals surface area contributed by atoms with E-state index in [1.165, 1.54) is 36.9 Å². The van der Waals surface area contributed by atoms with Crippen LogP contribution < -0.4 is 9.47 Å². The summed E-state index contributed by atoms with van der Waals surface area (Å²) in [6.45, 7) is 4.48. The Morgan fingerprint density at radius 1 is 1.16 bits per heavy atom. The third-order valence-corrected chi connectivity index (χ3v) is 5.04. The summed E-state index contributed by atoms with van der Waals surface area (Å²) in [5, 5.41) is 4.32. The summed E-state index contributed by atoms with van der Waals surface area (Å²) < 4.78 is 13.1. The number of methoxy groups -OCH3 is 1. The van der Waals surface area contributed by atoms with Crippen LogP contribution in [0.5, 0.6) is 11.5 Å². The average Bonchev–Trinajstić information content (AvgIpc) is 3.27. The molecule has 1 heterocycles. The molecule has 5 nitrogen and oxygen atoms in total. The van der Waals surface area contributed by atoms with Gasteiger partial charge in [0.1, 0.15) is 0 Å². The van der Waals surface area contributed by atoms with Crippen LogP contribution in [0, 0.1) is 0 Å². The molecule has 1 aromatic heterocycles. The van der Waals surface area contributed by atoms with Gasteiger partial charge in [0.25, 0.3) is 0 Å². The monoisotopic (exact) mass is 343 g/mol. The molecule has 3 rings (SSSR count). The van der Waals surface area contributed by atoms with Crippen LogP contribution >= 0.6 is 0 Å². The normalized spacial score (nSPS) is 15.0. The van der Waals surface area contributed by atoms with Crippen LogP contribution in [0.25, 0.3) is 0 Å². The Balaban J connectivity index is 1.79. The van der Waals surface area contributed by atoms with Crippen molar-refractivity contribution in [3.05, 3.63) is 41.7 Å². The zero-order valence-corrected chi connectivity index (χ0v) is 15.6. The molecule has 1 fully saturated rings. The fourth-order valence-corrected chi connectivity index (χ4v) is 3.67. The average molecular weight is 343 g/mol. The van der Waals surface area contributed by atoms with Gasteiger partial charge < -0.3 is 9.47 Å². The van der Waals surface area contributed by atoms with Crippen LogP contribution in [-0.2, 0) is 20.1 Å². The Morgan fingerprint density at radius 2 is 1.96 bits per heavy atom. The minimum atomic E-state index is 0.640. The van der Waals surface area contributed by atoms with Gasteiger partial charge in [-0.2, -0.15) is 5.10 Å².